The van der Waals surface area contributed by atoms with E-state index in [1.807, 2.05) is 6.92 Å². The maximum atomic E-state index is 12.6. The van der Waals surface area contributed by atoms with Crippen LogP contribution in [0.3, 0.4) is 0 Å². The van der Waals surface area contributed by atoms with Crippen molar-refractivity contribution in [3.8, 4) is 5.75 Å². The van der Waals surface area contributed by atoms with Crippen LogP contribution in [0.25, 0.3) is 0 Å². The Balaban J connectivity index is 2.04. The maximum absolute atomic E-state index is 12.6. The first-order valence-corrected chi connectivity index (χ1v) is 9.13. The van der Waals surface area contributed by atoms with Gasteiger partial charge < -0.3 is 24.8 Å². The van der Waals surface area contributed by atoms with E-state index in [0.717, 1.165) is 0 Å². The number of anilines is 1. The molecule has 0 aliphatic heterocycles. The minimum absolute atomic E-state index is 0.277. The summed E-state index contributed by atoms with van der Waals surface area (Å²) in [5, 5.41) is 5.54. The summed E-state index contributed by atoms with van der Waals surface area (Å²) in [5.41, 5.74) is 1.25. The first-order chi connectivity index (χ1) is 13.7. The number of rotatable bonds is 11. The summed E-state index contributed by atoms with van der Waals surface area (Å²) in [6.45, 7) is 4.24. The number of nitrogens with one attached hydrogen (secondary N) is 2. The van der Waals surface area contributed by atoms with E-state index in [4.69, 9.17) is 14.2 Å². The van der Waals surface area contributed by atoms with Crippen LogP contribution in [0, 0.1) is 0 Å². The molecule has 7 heteroatoms. The van der Waals surface area contributed by atoms with Crippen molar-refractivity contribution >= 4 is 17.5 Å². The normalized spacial score (nSPS) is 10.4. The van der Waals surface area contributed by atoms with E-state index in [-0.39, 0.29) is 11.8 Å². The summed E-state index contributed by atoms with van der Waals surface area (Å²) in [6.07, 6.45) is 0. The molecule has 0 aliphatic rings. The second kappa shape index (κ2) is 11.7. The van der Waals surface area contributed by atoms with E-state index >= 15 is 0 Å². The summed E-state index contributed by atoms with van der Waals surface area (Å²) in [6, 6.07) is 13.7. The van der Waals surface area contributed by atoms with Crippen LogP contribution >= 0.6 is 0 Å². The molecule has 2 rings (SSSR count). The van der Waals surface area contributed by atoms with Crippen molar-refractivity contribution in [1.29, 1.82) is 0 Å². The molecule has 2 amide bonds. The lowest BCUT2D eigenvalue weighted by Gasteiger charge is -2.12. The smallest absolute Gasteiger partial charge is 0.255 e. The molecule has 0 saturated heterocycles. The lowest BCUT2D eigenvalue weighted by Crippen LogP contribution is -2.28. The zero-order valence-electron chi connectivity index (χ0n) is 16.2. The van der Waals surface area contributed by atoms with Gasteiger partial charge in [-0.05, 0) is 37.3 Å². The molecule has 0 atom stereocenters. The highest BCUT2D eigenvalue weighted by atomic mass is 16.5. The molecular formula is C21H26N2O5. The van der Waals surface area contributed by atoms with Gasteiger partial charge in [0.05, 0.1) is 24.5 Å². The van der Waals surface area contributed by atoms with Crippen molar-refractivity contribution in [1.82, 2.24) is 5.32 Å². The predicted octanol–water partition coefficient (Wildman–Crippen LogP) is 2.73. The largest absolute Gasteiger partial charge is 0.491 e. The Labute approximate surface area is 165 Å². The van der Waals surface area contributed by atoms with E-state index in [2.05, 4.69) is 10.6 Å². The highest BCUT2D eigenvalue weighted by Gasteiger charge is 2.14. The quantitative estimate of drug-likeness (QED) is 0.580. The van der Waals surface area contributed by atoms with E-state index in [1.165, 1.54) is 0 Å². The molecule has 2 aromatic carbocycles. The summed E-state index contributed by atoms with van der Waals surface area (Å²) in [4.78, 5) is 25.0. The van der Waals surface area contributed by atoms with Crippen LogP contribution in [-0.2, 0) is 9.47 Å². The van der Waals surface area contributed by atoms with Crippen LogP contribution < -0.4 is 15.4 Å². The van der Waals surface area contributed by atoms with E-state index < -0.39 is 0 Å². The third kappa shape index (κ3) is 6.68. The van der Waals surface area contributed by atoms with Crippen molar-refractivity contribution in [3.63, 3.8) is 0 Å². The van der Waals surface area contributed by atoms with Gasteiger partial charge in [-0.25, -0.2) is 0 Å². The average Bonchev–Trinajstić information content (AvgIpc) is 2.72. The molecule has 0 heterocycles. The van der Waals surface area contributed by atoms with Crippen LogP contribution in [-0.4, -0.2) is 51.9 Å². The summed E-state index contributed by atoms with van der Waals surface area (Å²) in [7, 11) is 1.56. The van der Waals surface area contributed by atoms with Crippen LogP contribution in [0.4, 0.5) is 5.69 Å². The van der Waals surface area contributed by atoms with Crippen molar-refractivity contribution in [2.24, 2.45) is 0 Å². The predicted molar refractivity (Wildman–Crippen MR) is 107 cm³/mol. The number of carbonyl (C=O) groups is 2. The number of methoxy groups -OCH3 is 1. The first-order valence-electron chi connectivity index (χ1n) is 9.13. The van der Waals surface area contributed by atoms with Gasteiger partial charge >= 0.3 is 0 Å². The molecule has 0 unspecified atom stereocenters. The molecule has 150 valence electrons. The topological polar surface area (TPSA) is 85.9 Å². The lowest BCUT2D eigenvalue weighted by atomic mass is 10.1. The Kier molecular flexibility index (Phi) is 8.97. The number of ether oxygens (including phenoxy) is 3. The van der Waals surface area contributed by atoms with Crippen LogP contribution in [0.1, 0.15) is 27.6 Å². The Hall–Kier alpha value is -2.90. The van der Waals surface area contributed by atoms with Gasteiger partial charge in [0, 0.05) is 25.8 Å². The molecule has 0 saturated carbocycles. The molecule has 2 aromatic rings. The number of para-hydroxylation sites is 1. The molecule has 28 heavy (non-hydrogen) atoms. The second-order valence-electron chi connectivity index (χ2n) is 5.82. The summed E-state index contributed by atoms with van der Waals surface area (Å²) < 4.78 is 15.7. The van der Waals surface area contributed by atoms with Crippen molar-refractivity contribution in [3.05, 3.63) is 59.7 Å². The molecule has 0 bridgehead atoms. The second-order valence-corrected chi connectivity index (χ2v) is 5.82. The fraction of sp³-hybridized carbons (Fsp3) is 0.333. The minimum atomic E-state index is -0.326. The lowest BCUT2D eigenvalue weighted by molar-refractivity contribution is 0.0938. The molecule has 0 spiro atoms. The first kappa shape index (κ1) is 21.4. The third-order valence-corrected chi connectivity index (χ3v) is 3.81. The monoisotopic (exact) mass is 386 g/mol. The molecule has 0 aliphatic carbocycles. The SMILES string of the molecule is CCOCCOc1cccc(C(=O)Nc2ccccc2C(=O)NCCOC)c1. The van der Waals surface area contributed by atoms with Gasteiger partial charge in [-0.1, -0.05) is 18.2 Å². The molecule has 0 aromatic heterocycles. The maximum Gasteiger partial charge on any atom is 0.255 e. The molecule has 2 N–H and O–H groups in total. The highest BCUT2D eigenvalue weighted by Crippen LogP contribution is 2.18. The van der Waals surface area contributed by atoms with Crippen molar-refractivity contribution < 1.29 is 23.8 Å². The van der Waals surface area contributed by atoms with Crippen LogP contribution in [0.5, 0.6) is 5.75 Å². The van der Waals surface area contributed by atoms with Gasteiger partial charge in [0.25, 0.3) is 11.8 Å². The number of carbonyl (C=O) groups excluding carboxylic acids is 2. The molecule has 0 fully saturated rings. The summed E-state index contributed by atoms with van der Waals surface area (Å²) in [5.74, 6) is -0.0219. The van der Waals surface area contributed by atoms with Crippen molar-refractivity contribution in [2.45, 2.75) is 6.92 Å². The van der Waals surface area contributed by atoms with Gasteiger partial charge in [0.2, 0.25) is 0 Å². The van der Waals surface area contributed by atoms with Gasteiger partial charge in [-0.3, -0.25) is 9.59 Å². The standard InChI is InChI=1S/C21H26N2O5/c1-3-27-13-14-28-17-8-6-7-16(15-17)20(24)23-19-10-5-4-9-18(19)21(25)22-11-12-26-2/h4-10,15H,3,11-14H2,1-2H3,(H,22,25)(H,23,24). The Morgan fingerprint density at radius 1 is 0.964 bits per heavy atom. The Morgan fingerprint density at radius 3 is 2.57 bits per heavy atom. The number of hydrogen-bond acceptors (Lipinski definition) is 5. The van der Waals surface area contributed by atoms with E-state index in [1.54, 1.807) is 55.6 Å². The number of benzene rings is 2. The van der Waals surface area contributed by atoms with Gasteiger partial charge in [-0.15, -0.1) is 0 Å². The third-order valence-electron chi connectivity index (χ3n) is 3.81. The van der Waals surface area contributed by atoms with Gasteiger partial charge in [-0.2, -0.15) is 0 Å². The van der Waals surface area contributed by atoms with Crippen LogP contribution in [0.2, 0.25) is 0 Å². The zero-order chi connectivity index (χ0) is 20.2. The Morgan fingerprint density at radius 2 is 1.79 bits per heavy atom. The highest BCUT2D eigenvalue weighted by molar-refractivity contribution is 6.09. The molecule has 0 radical (unpaired) electrons. The fourth-order valence-electron chi connectivity index (χ4n) is 2.44. The van der Waals surface area contributed by atoms with Gasteiger partial charge in [0.1, 0.15) is 12.4 Å². The Bertz CT molecular complexity index is 779. The minimum Gasteiger partial charge on any atom is -0.491 e. The fourth-order valence-corrected chi connectivity index (χ4v) is 2.44. The molecular weight excluding hydrogens is 360 g/mol. The average molecular weight is 386 g/mol. The van der Waals surface area contributed by atoms with E-state index in [9.17, 15) is 9.59 Å². The summed E-state index contributed by atoms with van der Waals surface area (Å²) >= 11 is 0. The van der Waals surface area contributed by atoms with E-state index in [0.29, 0.717) is 55.5 Å². The molecule has 7 nitrogen and oxygen atoms in total. The van der Waals surface area contributed by atoms with Gasteiger partial charge in [0.15, 0.2) is 0 Å². The number of hydrogen-bond donors (Lipinski definition) is 2. The zero-order valence-corrected chi connectivity index (χ0v) is 16.2. The van der Waals surface area contributed by atoms with Crippen molar-refractivity contribution in [2.75, 3.05) is 45.4 Å². The number of amides is 2. The van der Waals surface area contributed by atoms with Crippen LogP contribution in [0.15, 0.2) is 48.5 Å².